The van der Waals surface area contributed by atoms with Crippen LogP contribution in [0, 0.1) is 11.3 Å². The predicted molar refractivity (Wildman–Crippen MR) is 75.3 cm³/mol. The lowest BCUT2D eigenvalue weighted by molar-refractivity contribution is 0.248. The van der Waals surface area contributed by atoms with E-state index in [0.717, 1.165) is 19.5 Å². The lowest BCUT2D eigenvalue weighted by Gasteiger charge is -2.27. The molecule has 2 heterocycles. The number of fused-ring (bicyclic) bond motifs is 1. The SMILES string of the molecule is CC1(C)CN(Cc2ccncc2)C2=CC=C(O)CC21. The Morgan fingerprint density at radius 1 is 1.32 bits per heavy atom. The third kappa shape index (κ3) is 2.25. The van der Waals surface area contributed by atoms with Gasteiger partial charge in [-0.2, -0.15) is 0 Å². The van der Waals surface area contributed by atoms with E-state index < -0.39 is 0 Å². The molecule has 3 heteroatoms. The number of likely N-dealkylation sites (tertiary alicyclic amines) is 1. The van der Waals surface area contributed by atoms with Gasteiger partial charge in [0.2, 0.25) is 0 Å². The molecule has 3 rings (SSSR count). The van der Waals surface area contributed by atoms with Crippen molar-refractivity contribution in [1.29, 1.82) is 0 Å². The predicted octanol–water partition coefficient (Wildman–Crippen LogP) is 3.27. The number of hydrogen-bond donors (Lipinski definition) is 1. The molecule has 2 aliphatic rings. The van der Waals surface area contributed by atoms with Gasteiger partial charge in [-0.05, 0) is 35.3 Å². The van der Waals surface area contributed by atoms with Gasteiger partial charge in [-0.25, -0.2) is 0 Å². The Morgan fingerprint density at radius 2 is 2.05 bits per heavy atom. The summed E-state index contributed by atoms with van der Waals surface area (Å²) in [7, 11) is 0. The molecule has 1 aliphatic carbocycles. The first-order chi connectivity index (χ1) is 9.06. The quantitative estimate of drug-likeness (QED) is 0.882. The molecule has 0 amide bonds. The van der Waals surface area contributed by atoms with Crippen LogP contribution in [0.4, 0.5) is 0 Å². The van der Waals surface area contributed by atoms with Gasteiger partial charge < -0.3 is 10.0 Å². The molecule has 100 valence electrons. The zero-order chi connectivity index (χ0) is 13.5. The maximum Gasteiger partial charge on any atom is 0.0930 e. The molecule has 19 heavy (non-hydrogen) atoms. The Hall–Kier alpha value is -1.77. The molecule has 1 fully saturated rings. The molecule has 1 N–H and O–H groups in total. The molecule has 1 saturated heterocycles. The van der Waals surface area contributed by atoms with Crippen LogP contribution in [0.1, 0.15) is 25.8 Å². The van der Waals surface area contributed by atoms with E-state index in [2.05, 4.69) is 41.9 Å². The van der Waals surface area contributed by atoms with E-state index in [-0.39, 0.29) is 5.41 Å². The van der Waals surface area contributed by atoms with Crippen LogP contribution in [0.3, 0.4) is 0 Å². The van der Waals surface area contributed by atoms with Gasteiger partial charge in [-0.15, -0.1) is 0 Å². The maximum atomic E-state index is 9.75. The van der Waals surface area contributed by atoms with Crippen molar-refractivity contribution < 1.29 is 5.11 Å². The third-order valence-electron chi connectivity index (χ3n) is 4.25. The molecule has 1 aliphatic heterocycles. The Bertz CT molecular complexity index is 531. The summed E-state index contributed by atoms with van der Waals surface area (Å²) in [6, 6.07) is 4.13. The molecule has 0 bridgehead atoms. The smallest absolute Gasteiger partial charge is 0.0930 e. The van der Waals surface area contributed by atoms with Crippen molar-refractivity contribution in [2.45, 2.75) is 26.8 Å². The van der Waals surface area contributed by atoms with Crippen molar-refractivity contribution >= 4 is 0 Å². The summed E-state index contributed by atoms with van der Waals surface area (Å²) in [4.78, 5) is 6.50. The number of rotatable bonds is 2. The minimum atomic E-state index is 0.209. The summed E-state index contributed by atoms with van der Waals surface area (Å²) in [5.74, 6) is 0.937. The Balaban J connectivity index is 1.87. The second-order valence-electron chi connectivity index (χ2n) is 6.21. The number of allylic oxidation sites excluding steroid dienone is 4. The molecule has 0 saturated carbocycles. The highest BCUT2D eigenvalue weighted by Crippen LogP contribution is 2.47. The molecule has 0 spiro atoms. The molecule has 1 aromatic rings. The van der Waals surface area contributed by atoms with Crippen LogP contribution < -0.4 is 0 Å². The summed E-state index contributed by atoms with van der Waals surface area (Å²) in [5.41, 5.74) is 2.85. The number of aliphatic hydroxyl groups is 1. The van der Waals surface area contributed by atoms with E-state index in [1.54, 1.807) is 0 Å². The molecular formula is C16H20N2O. The standard InChI is InChI=1S/C16H20N2O/c1-16(2)11-18(10-12-5-7-17-8-6-12)15-4-3-13(19)9-14(15)16/h3-8,14,19H,9-11H2,1-2H3. The topological polar surface area (TPSA) is 36.4 Å². The van der Waals surface area contributed by atoms with E-state index in [9.17, 15) is 5.11 Å². The van der Waals surface area contributed by atoms with Crippen molar-refractivity contribution in [1.82, 2.24) is 9.88 Å². The van der Waals surface area contributed by atoms with Crippen LogP contribution in [-0.2, 0) is 6.54 Å². The zero-order valence-electron chi connectivity index (χ0n) is 11.5. The normalized spacial score (nSPS) is 24.7. The molecule has 0 radical (unpaired) electrons. The van der Waals surface area contributed by atoms with Crippen LogP contribution in [0.5, 0.6) is 0 Å². The summed E-state index contributed by atoms with van der Waals surface area (Å²) in [6.45, 7) is 6.53. The fraction of sp³-hybridized carbons (Fsp3) is 0.438. The van der Waals surface area contributed by atoms with Crippen LogP contribution in [-0.4, -0.2) is 21.5 Å². The number of hydrogen-bond acceptors (Lipinski definition) is 3. The first-order valence-corrected chi connectivity index (χ1v) is 6.80. The second-order valence-corrected chi connectivity index (χ2v) is 6.21. The van der Waals surface area contributed by atoms with Crippen molar-refractivity contribution in [3.63, 3.8) is 0 Å². The van der Waals surface area contributed by atoms with Crippen molar-refractivity contribution in [2.75, 3.05) is 6.54 Å². The summed E-state index contributed by atoms with van der Waals surface area (Å²) in [6.07, 6.45) is 8.38. The Morgan fingerprint density at radius 3 is 2.79 bits per heavy atom. The van der Waals surface area contributed by atoms with Gasteiger partial charge in [-0.1, -0.05) is 13.8 Å². The van der Waals surface area contributed by atoms with Crippen LogP contribution in [0.2, 0.25) is 0 Å². The Labute approximate surface area is 114 Å². The van der Waals surface area contributed by atoms with Crippen molar-refractivity contribution in [2.24, 2.45) is 11.3 Å². The molecular weight excluding hydrogens is 236 g/mol. The van der Waals surface area contributed by atoms with E-state index in [1.165, 1.54) is 11.3 Å². The van der Waals surface area contributed by atoms with Gasteiger partial charge in [0.15, 0.2) is 0 Å². The third-order valence-corrected chi connectivity index (χ3v) is 4.25. The largest absolute Gasteiger partial charge is 0.512 e. The lowest BCUT2D eigenvalue weighted by Crippen LogP contribution is -2.23. The molecule has 1 aromatic heterocycles. The number of nitrogens with zero attached hydrogens (tertiary/aromatic N) is 2. The fourth-order valence-electron chi connectivity index (χ4n) is 3.23. The second kappa shape index (κ2) is 4.41. The highest BCUT2D eigenvalue weighted by Gasteiger charge is 2.43. The number of aromatic nitrogens is 1. The van der Waals surface area contributed by atoms with Gasteiger partial charge >= 0.3 is 0 Å². The van der Waals surface area contributed by atoms with Crippen LogP contribution >= 0.6 is 0 Å². The van der Waals surface area contributed by atoms with Gasteiger partial charge in [0, 0.05) is 43.5 Å². The van der Waals surface area contributed by atoms with Crippen molar-refractivity contribution in [3.05, 3.63) is 53.7 Å². The molecule has 3 nitrogen and oxygen atoms in total. The summed E-state index contributed by atoms with van der Waals surface area (Å²) in [5, 5.41) is 9.75. The van der Waals surface area contributed by atoms with E-state index >= 15 is 0 Å². The number of aliphatic hydroxyl groups excluding tert-OH is 1. The van der Waals surface area contributed by atoms with Gasteiger partial charge in [0.1, 0.15) is 0 Å². The fourth-order valence-corrected chi connectivity index (χ4v) is 3.23. The van der Waals surface area contributed by atoms with Crippen LogP contribution in [0.25, 0.3) is 0 Å². The minimum Gasteiger partial charge on any atom is -0.512 e. The van der Waals surface area contributed by atoms with E-state index in [1.807, 2.05) is 18.5 Å². The maximum absolute atomic E-state index is 9.75. The van der Waals surface area contributed by atoms with Crippen LogP contribution in [0.15, 0.2) is 48.1 Å². The molecule has 1 atom stereocenters. The summed E-state index contributed by atoms with van der Waals surface area (Å²) >= 11 is 0. The van der Waals surface area contributed by atoms with Crippen molar-refractivity contribution in [3.8, 4) is 0 Å². The van der Waals surface area contributed by atoms with Gasteiger partial charge in [0.05, 0.1) is 5.76 Å². The average Bonchev–Trinajstić information content (AvgIpc) is 2.62. The first kappa shape index (κ1) is 12.3. The Kier molecular flexibility index (Phi) is 2.85. The van der Waals surface area contributed by atoms with E-state index in [0.29, 0.717) is 11.7 Å². The lowest BCUT2D eigenvalue weighted by atomic mass is 9.77. The molecule has 0 aromatic carbocycles. The highest BCUT2D eigenvalue weighted by molar-refractivity contribution is 5.29. The summed E-state index contributed by atoms with van der Waals surface area (Å²) < 4.78 is 0. The minimum absolute atomic E-state index is 0.209. The zero-order valence-corrected chi connectivity index (χ0v) is 11.5. The van der Waals surface area contributed by atoms with Gasteiger partial charge in [0.25, 0.3) is 0 Å². The highest BCUT2D eigenvalue weighted by atomic mass is 16.3. The monoisotopic (exact) mass is 256 g/mol. The van der Waals surface area contributed by atoms with Gasteiger partial charge in [-0.3, -0.25) is 4.98 Å². The average molecular weight is 256 g/mol. The number of pyridine rings is 1. The first-order valence-electron chi connectivity index (χ1n) is 6.80. The molecule has 1 unspecified atom stereocenters. The van der Waals surface area contributed by atoms with E-state index in [4.69, 9.17) is 0 Å².